The third kappa shape index (κ3) is 5.04. The normalized spacial score (nSPS) is 17.7. The number of halogens is 4. The molecule has 0 spiro atoms. The van der Waals surface area contributed by atoms with E-state index in [0.717, 1.165) is 18.6 Å². The predicted molar refractivity (Wildman–Crippen MR) is 117 cm³/mol. The van der Waals surface area contributed by atoms with Crippen LogP contribution in [0.3, 0.4) is 0 Å². The average molecular weight is 465 g/mol. The summed E-state index contributed by atoms with van der Waals surface area (Å²) in [6.45, 7) is 4.40. The molecule has 1 saturated carbocycles. The minimum Gasteiger partial charge on any atom is -0.481 e. The molecule has 0 heterocycles. The quantitative estimate of drug-likeness (QED) is 0.466. The van der Waals surface area contributed by atoms with E-state index in [-0.39, 0.29) is 11.3 Å². The summed E-state index contributed by atoms with van der Waals surface area (Å²) >= 11 is 0. The Hall–Kier alpha value is -2.90. The lowest BCUT2D eigenvalue weighted by Crippen LogP contribution is -2.34. The average Bonchev–Trinajstić information content (AvgIpc) is 3.56. The number of nitrogens with one attached hydrogen (secondary N) is 1. The number of hydrogen-bond acceptors (Lipinski definition) is 2. The Kier molecular flexibility index (Phi) is 6.86. The summed E-state index contributed by atoms with van der Waals surface area (Å²) in [7, 11) is 0. The van der Waals surface area contributed by atoms with Gasteiger partial charge in [-0.05, 0) is 48.1 Å². The Morgan fingerprint density at radius 3 is 2.18 bits per heavy atom. The SMILES string of the molecule is CCc1ccc([C@@H](C(=O)Nc2cc(C3(C(C)C(=O)O)CC3)ccc2F)[C@@H](C)C(F)(F)F)cc1. The highest BCUT2D eigenvalue weighted by Crippen LogP contribution is 2.54. The minimum absolute atomic E-state index is 0.184. The summed E-state index contributed by atoms with van der Waals surface area (Å²) in [5, 5.41) is 11.7. The van der Waals surface area contributed by atoms with E-state index in [9.17, 15) is 32.3 Å². The highest BCUT2D eigenvalue weighted by Gasteiger charge is 2.52. The topological polar surface area (TPSA) is 66.4 Å². The van der Waals surface area contributed by atoms with E-state index < -0.39 is 47.0 Å². The van der Waals surface area contributed by atoms with Crippen molar-refractivity contribution >= 4 is 17.6 Å². The third-order valence-electron chi connectivity index (χ3n) is 6.83. The van der Waals surface area contributed by atoms with Crippen LogP contribution in [0.1, 0.15) is 56.2 Å². The molecule has 0 bridgehead atoms. The number of carboxylic acid groups (broad SMARTS) is 1. The Morgan fingerprint density at radius 1 is 1.09 bits per heavy atom. The van der Waals surface area contributed by atoms with Crippen LogP contribution in [0.2, 0.25) is 0 Å². The second-order valence-electron chi connectivity index (χ2n) is 8.80. The van der Waals surface area contributed by atoms with Crippen molar-refractivity contribution in [3.8, 4) is 0 Å². The zero-order valence-electron chi connectivity index (χ0n) is 18.7. The number of hydrogen-bond donors (Lipinski definition) is 2. The minimum atomic E-state index is -4.64. The second kappa shape index (κ2) is 9.15. The van der Waals surface area contributed by atoms with E-state index in [0.29, 0.717) is 24.8 Å². The fraction of sp³-hybridized carbons (Fsp3) is 0.440. The molecule has 1 unspecified atom stereocenters. The van der Waals surface area contributed by atoms with E-state index in [1.807, 2.05) is 6.92 Å². The molecule has 2 aromatic carbocycles. The Labute approximate surface area is 190 Å². The predicted octanol–water partition coefficient (Wildman–Crippen LogP) is 6.06. The first kappa shape index (κ1) is 24.7. The van der Waals surface area contributed by atoms with Crippen LogP contribution in [0.4, 0.5) is 23.2 Å². The molecule has 1 fully saturated rings. The summed E-state index contributed by atoms with van der Waals surface area (Å²) < 4.78 is 55.3. The maximum absolute atomic E-state index is 14.5. The van der Waals surface area contributed by atoms with E-state index in [4.69, 9.17) is 0 Å². The van der Waals surface area contributed by atoms with Crippen molar-refractivity contribution in [2.24, 2.45) is 11.8 Å². The van der Waals surface area contributed by atoms with Gasteiger partial charge in [0.15, 0.2) is 0 Å². The van der Waals surface area contributed by atoms with Crippen molar-refractivity contribution in [2.45, 2.75) is 57.5 Å². The highest BCUT2D eigenvalue weighted by molar-refractivity contribution is 5.96. The molecule has 1 aliphatic carbocycles. The van der Waals surface area contributed by atoms with Crippen molar-refractivity contribution < 1.29 is 32.3 Å². The molecule has 2 N–H and O–H groups in total. The zero-order chi connectivity index (χ0) is 24.6. The van der Waals surface area contributed by atoms with Crippen LogP contribution in [0.25, 0.3) is 0 Å². The molecule has 0 saturated heterocycles. The molecule has 8 heteroatoms. The summed E-state index contributed by atoms with van der Waals surface area (Å²) in [6.07, 6.45) is -2.75. The zero-order valence-corrected chi connectivity index (χ0v) is 18.7. The molecule has 3 atom stereocenters. The molecule has 178 valence electrons. The first-order chi connectivity index (χ1) is 15.4. The van der Waals surface area contributed by atoms with E-state index in [2.05, 4.69) is 5.32 Å². The smallest absolute Gasteiger partial charge is 0.392 e. The van der Waals surface area contributed by atoms with Gasteiger partial charge in [0.05, 0.1) is 23.4 Å². The van der Waals surface area contributed by atoms with Crippen LogP contribution < -0.4 is 5.32 Å². The van der Waals surface area contributed by atoms with Crippen molar-refractivity contribution in [1.29, 1.82) is 0 Å². The van der Waals surface area contributed by atoms with Gasteiger partial charge in [0.1, 0.15) is 5.82 Å². The number of carbonyl (C=O) groups is 2. The maximum atomic E-state index is 14.5. The monoisotopic (exact) mass is 465 g/mol. The fourth-order valence-electron chi connectivity index (χ4n) is 4.30. The van der Waals surface area contributed by atoms with Gasteiger partial charge >= 0.3 is 12.1 Å². The highest BCUT2D eigenvalue weighted by atomic mass is 19.4. The van der Waals surface area contributed by atoms with E-state index >= 15 is 0 Å². The van der Waals surface area contributed by atoms with Gasteiger partial charge in [-0.2, -0.15) is 13.2 Å². The van der Waals surface area contributed by atoms with Gasteiger partial charge in [0, 0.05) is 5.41 Å². The maximum Gasteiger partial charge on any atom is 0.392 e. The molecule has 33 heavy (non-hydrogen) atoms. The van der Waals surface area contributed by atoms with Gasteiger partial charge in [-0.3, -0.25) is 9.59 Å². The summed E-state index contributed by atoms with van der Waals surface area (Å²) in [6, 6.07) is 10.2. The van der Waals surface area contributed by atoms with Crippen LogP contribution in [0, 0.1) is 17.7 Å². The van der Waals surface area contributed by atoms with Crippen molar-refractivity contribution in [3.63, 3.8) is 0 Å². The number of carbonyl (C=O) groups excluding carboxylic acids is 1. The van der Waals surface area contributed by atoms with Crippen LogP contribution in [0.15, 0.2) is 42.5 Å². The van der Waals surface area contributed by atoms with E-state index in [1.165, 1.54) is 24.3 Å². The van der Waals surface area contributed by atoms with Gasteiger partial charge < -0.3 is 10.4 Å². The van der Waals surface area contributed by atoms with Crippen LogP contribution in [-0.4, -0.2) is 23.2 Å². The van der Waals surface area contributed by atoms with Gasteiger partial charge in [0.2, 0.25) is 5.91 Å². The molecule has 0 aliphatic heterocycles. The second-order valence-corrected chi connectivity index (χ2v) is 8.80. The molecule has 1 aliphatic rings. The summed E-state index contributed by atoms with van der Waals surface area (Å²) in [5.74, 6) is -7.06. The number of aryl methyl sites for hydroxylation is 1. The van der Waals surface area contributed by atoms with Gasteiger partial charge in [-0.15, -0.1) is 0 Å². The number of carboxylic acids is 1. The molecule has 2 aromatic rings. The number of amides is 1. The van der Waals surface area contributed by atoms with Crippen molar-refractivity contribution in [1.82, 2.24) is 0 Å². The van der Waals surface area contributed by atoms with Crippen LogP contribution in [-0.2, 0) is 21.4 Å². The molecule has 4 nitrogen and oxygen atoms in total. The number of alkyl halides is 3. The first-order valence-corrected chi connectivity index (χ1v) is 10.9. The Bertz CT molecular complexity index is 1030. The van der Waals surface area contributed by atoms with Crippen molar-refractivity contribution in [2.75, 3.05) is 5.32 Å². The molecule has 1 amide bonds. The first-order valence-electron chi connectivity index (χ1n) is 10.9. The van der Waals surface area contributed by atoms with Crippen LogP contribution in [0.5, 0.6) is 0 Å². The van der Waals surface area contributed by atoms with Gasteiger partial charge in [-0.25, -0.2) is 4.39 Å². The molecular weight excluding hydrogens is 438 g/mol. The lowest BCUT2D eigenvalue weighted by atomic mass is 9.83. The number of aliphatic carboxylic acids is 1. The molecule has 0 radical (unpaired) electrons. The van der Waals surface area contributed by atoms with Gasteiger partial charge in [-0.1, -0.05) is 51.1 Å². The Morgan fingerprint density at radius 2 is 1.70 bits per heavy atom. The van der Waals surface area contributed by atoms with Gasteiger partial charge in [0.25, 0.3) is 0 Å². The Balaban J connectivity index is 1.94. The fourth-order valence-corrected chi connectivity index (χ4v) is 4.30. The lowest BCUT2D eigenvalue weighted by molar-refractivity contribution is -0.178. The standard InChI is InChI=1S/C25H27F4NO3/c1-4-16-5-7-17(8-6-16)21(14(2)25(27,28)29)22(31)30-20-13-18(9-10-19(20)26)24(11-12-24)15(3)23(32)33/h5-10,13-15,21H,4,11-12H2,1-3H3,(H,30,31)(H,32,33)/t14-,15?,21+/m1/s1. The number of rotatable bonds is 8. The molecular formula is C25H27F4NO3. The summed E-state index contributed by atoms with van der Waals surface area (Å²) in [4.78, 5) is 24.6. The molecule has 0 aromatic heterocycles. The largest absolute Gasteiger partial charge is 0.481 e. The third-order valence-corrected chi connectivity index (χ3v) is 6.83. The molecule has 3 rings (SSSR count). The number of anilines is 1. The van der Waals surface area contributed by atoms with Crippen LogP contribution >= 0.6 is 0 Å². The number of benzene rings is 2. The summed E-state index contributed by atoms with van der Waals surface area (Å²) in [5.41, 5.74) is 0.712. The van der Waals surface area contributed by atoms with Crippen molar-refractivity contribution in [3.05, 3.63) is 65.0 Å². The lowest BCUT2D eigenvalue weighted by Gasteiger charge is -2.26. The van der Waals surface area contributed by atoms with E-state index in [1.54, 1.807) is 19.1 Å².